The highest BCUT2D eigenvalue weighted by atomic mass is 16.4. The van der Waals surface area contributed by atoms with Crippen molar-refractivity contribution in [2.24, 2.45) is 35.0 Å². The molecule has 0 saturated heterocycles. The molecule has 414 valence electrons. The second kappa shape index (κ2) is 33.3. The van der Waals surface area contributed by atoms with Crippen LogP contribution in [0.1, 0.15) is 111 Å². The summed E-state index contributed by atoms with van der Waals surface area (Å²) < 4.78 is 0. The van der Waals surface area contributed by atoms with Gasteiger partial charge in [0.1, 0.15) is 54.4 Å². The van der Waals surface area contributed by atoms with Crippen LogP contribution in [0.3, 0.4) is 0 Å². The number of aliphatic carboxylic acids is 1. The van der Waals surface area contributed by atoms with E-state index in [1.54, 1.807) is 58.0 Å². The number of nitrogens with two attached hydrogens (primary N) is 3. The van der Waals surface area contributed by atoms with Gasteiger partial charge in [0.2, 0.25) is 47.3 Å². The quantitative estimate of drug-likeness (QED) is 0.0350. The number of aromatic nitrogens is 2. The number of aromatic amines is 1. The second-order valence-corrected chi connectivity index (χ2v) is 19.4. The highest BCUT2D eigenvalue weighted by molar-refractivity contribution is 5.98. The molecule has 2 rings (SSSR count). The number of carboxylic acid groups (broad SMARTS) is 1. The molecule has 10 atom stereocenters. The van der Waals surface area contributed by atoms with Gasteiger partial charge in [0, 0.05) is 24.7 Å². The molecule has 0 spiro atoms. The summed E-state index contributed by atoms with van der Waals surface area (Å²) >= 11 is 0. The molecule has 0 radical (unpaired) electrons. The molecule has 2 aromatic rings. The van der Waals surface area contributed by atoms with Crippen molar-refractivity contribution in [3.8, 4) is 0 Å². The van der Waals surface area contributed by atoms with E-state index in [1.807, 2.05) is 13.8 Å². The first-order valence-electron chi connectivity index (χ1n) is 25.5. The van der Waals surface area contributed by atoms with Crippen LogP contribution in [0.2, 0.25) is 0 Å². The SMILES string of the molecule is CC[C@H](C)[C@H](NC(=O)[C@@H](N)CO)C(=O)N[C@@H](Cc1cnc[nH]1)C(=O)N[C@@H](CC(C)C)C(=O)N[C@@H](CCCCN)C(=O)N[C@H](C(=O)N[C@@H](Cc1ccccc1)C(=O)N[C@@H](C)C(=O)N[C@@H](CCCCN)C(=O)O)C(C)C. The van der Waals surface area contributed by atoms with E-state index in [2.05, 4.69) is 52.5 Å². The van der Waals surface area contributed by atoms with Gasteiger partial charge < -0.3 is 74.9 Å². The van der Waals surface area contributed by atoms with Crippen molar-refractivity contribution in [2.75, 3.05) is 19.7 Å². The molecule has 0 unspecified atom stereocenters. The van der Waals surface area contributed by atoms with Crippen molar-refractivity contribution in [3.63, 3.8) is 0 Å². The third kappa shape index (κ3) is 22.3. The van der Waals surface area contributed by atoms with E-state index in [9.17, 15) is 53.4 Å². The predicted molar refractivity (Wildman–Crippen MR) is 276 cm³/mol. The molecule has 74 heavy (non-hydrogen) atoms. The Morgan fingerprint density at radius 2 is 1.09 bits per heavy atom. The lowest BCUT2D eigenvalue weighted by Gasteiger charge is -2.30. The van der Waals surface area contributed by atoms with Crippen molar-refractivity contribution >= 4 is 53.2 Å². The zero-order valence-electron chi connectivity index (χ0n) is 43.9. The molecule has 1 aromatic carbocycles. The second-order valence-electron chi connectivity index (χ2n) is 19.4. The minimum absolute atomic E-state index is 0.0240. The summed E-state index contributed by atoms with van der Waals surface area (Å²) in [5, 5.41) is 40.4. The van der Waals surface area contributed by atoms with E-state index in [0.717, 1.165) is 0 Å². The Balaban J connectivity index is 2.40. The number of unbranched alkanes of at least 4 members (excludes halogenated alkanes) is 2. The number of carboxylic acids is 1. The van der Waals surface area contributed by atoms with Crippen LogP contribution in [0, 0.1) is 17.8 Å². The zero-order valence-corrected chi connectivity index (χ0v) is 43.9. The predicted octanol–water partition coefficient (Wildman–Crippen LogP) is -1.50. The van der Waals surface area contributed by atoms with Gasteiger partial charge in [-0.3, -0.25) is 38.4 Å². The maximum atomic E-state index is 14.3. The molecule has 0 aliphatic heterocycles. The maximum absolute atomic E-state index is 14.3. The Kier molecular flexibility index (Phi) is 28.7. The first kappa shape index (κ1) is 63.6. The van der Waals surface area contributed by atoms with Crippen molar-refractivity contribution in [2.45, 2.75) is 167 Å². The highest BCUT2D eigenvalue weighted by Gasteiger charge is 2.36. The molecule has 17 N–H and O–H groups in total. The molecular weight excluding hydrogens is 959 g/mol. The average molecular weight is 1040 g/mol. The smallest absolute Gasteiger partial charge is 0.326 e. The molecule has 8 amide bonds. The van der Waals surface area contributed by atoms with Gasteiger partial charge >= 0.3 is 5.97 Å². The number of imidazole rings is 1. The summed E-state index contributed by atoms with van der Waals surface area (Å²) in [6.45, 7) is 11.9. The number of rotatable bonds is 35. The van der Waals surface area contributed by atoms with Gasteiger partial charge in [-0.15, -0.1) is 0 Å². The third-order valence-corrected chi connectivity index (χ3v) is 12.3. The number of amides is 8. The molecule has 0 saturated carbocycles. The molecular formula is C50H83N13O11. The number of H-pyrrole nitrogens is 1. The van der Waals surface area contributed by atoms with E-state index in [1.165, 1.54) is 19.4 Å². The number of hydrogen-bond acceptors (Lipinski definition) is 14. The normalized spacial score (nSPS) is 15.4. The fraction of sp³-hybridized carbons (Fsp3) is 0.640. The van der Waals surface area contributed by atoms with Gasteiger partial charge in [0.25, 0.3) is 0 Å². The summed E-state index contributed by atoms with van der Waals surface area (Å²) in [6, 6.07) is -2.43. The fourth-order valence-corrected chi connectivity index (χ4v) is 7.68. The topological polar surface area (TPSA) is 397 Å². The number of carbonyl (C=O) groups excluding carboxylic acids is 8. The Morgan fingerprint density at radius 3 is 1.62 bits per heavy atom. The van der Waals surface area contributed by atoms with E-state index in [4.69, 9.17) is 17.2 Å². The van der Waals surface area contributed by atoms with Crippen LogP contribution in [0.5, 0.6) is 0 Å². The summed E-state index contributed by atoms with van der Waals surface area (Å²) in [7, 11) is 0. The highest BCUT2D eigenvalue weighted by Crippen LogP contribution is 2.14. The van der Waals surface area contributed by atoms with Crippen molar-refractivity contribution in [1.29, 1.82) is 0 Å². The minimum Gasteiger partial charge on any atom is -0.480 e. The molecule has 0 aliphatic rings. The first-order valence-corrected chi connectivity index (χ1v) is 25.5. The Bertz CT molecular complexity index is 2090. The summed E-state index contributed by atoms with van der Waals surface area (Å²) in [5.74, 6) is -8.38. The lowest BCUT2D eigenvalue weighted by Crippen LogP contribution is -2.61. The lowest BCUT2D eigenvalue weighted by molar-refractivity contribution is -0.142. The number of aliphatic hydroxyl groups excluding tert-OH is 1. The molecule has 1 heterocycles. The molecule has 24 nitrogen and oxygen atoms in total. The van der Waals surface area contributed by atoms with Crippen molar-refractivity contribution < 1.29 is 53.4 Å². The summed E-state index contributed by atoms with van der Waals surface area (Å²) in [4.78, 5) is 129. The number of carbonyl (C=O) groups is 9. The number of nitrogens with zero attached hydrogens (tertiary/aromatic N) is 1. The Labute approximate surface area is 433 Å². The third-order valence-electron chi connectivity index (χ3n) is 12.3. The maximum Gasteiger partial charge on any atom is 0.326 e. The number of benzene rings is 1. The van der Waals surface area contributed by atoms with Crippen LogP contribution in [-0.2, 0) is 56.0 Å². The van der Waals surface area contributed by atoms with E-state index in [-0.39, 0.29) is 44.6 Å². The van der Waals surface area contributed by atoms with Crippen LogP contribution >= 0.6 is 0 Å². The van der Waals surface area contributed by atoms with E-state index < -0.39 is 126 Å². The van der Waals surface area contributed by atoms with Gasteiger partial charge in [0.05, 0.1) is 12.9 Å². The molecule has 24 heteroatoms. The molecule has 0 aliphatic carbocycles. The zero-order chi connectivity index (χ0) is 55.5. The Hall–Kier alpha value is -6.50. The van der Waals surface area contributed by atoms with Crippen molar-refractivity contribution in [1.82, 2.24) is 52.5 Å². The standard InChI is InChI=1S/C50H83N13O11/c1-8-30(6)41(63-43(66)34(53)26-64)49(72)61-39(24-33-25-54-27-55-33)47(70)59-37(22-28(2)3)46(69)57-35(18-12-14-20-51)44(67)62-40(29(4)5)48(71)60-38(23-32-16-10-9-11-17-32)45(68)56-31(7)42(65)58-36(50(73)74)19-13-15-21-52/h9-11,16-17,25,27-31,34-41,64H,8,12-15,18-24,26,51-53H2,1-7H3,(H,54,55)(H,56,68)(H,57,69)(H,58,65)(H,59,70)(H,60,71)(H,61,72)(H,62,67)(H,63,66)(H,73,74)/t30-,31-,34-,35-,36-,37-,38-,39-,40-,41-/m0/s1. The van der Waals surface area contributed by atoms with Crippen LogP contribution in [0.25, 0.3) is 0 Å². The van der Waals surface area contributed by atoms with Gasteiger partial charge in [-0.2, -0.15) is 0 Å². The fourth-order valence-electron chi connectivity index (χ4n) is 7.68. The van der Waals surface area contributed by atoms with Crippen LogP contribution in [0.4, 0.5) is 0 Å². The average Bonchev–Trinajstić information content (AvgIpc) is 3.88. The van der Waals surface area contributed by atoms with E-state index in [0.29, 0.717) is 49.9 Å². The van der Waals surface area contributed by atoms with Crippen LogP contribution in [0.15, 0.2) is 42.9 Å². The number of aliphatic hydroxyl groups is 1. The summed E-state index contributed by atoms with van der Waals surface area (Å²) in [6.07, 6.45) is 5.37. The molecule has 0 fully saturated rings. The van der Waals surface area contributed by atoms with Crippen LogP contribution in [-0.4, -0.2) is 147 Å². The lowest BCUT2D eigenvalue weighted by atomic mass is 9.97. The first-order chi connectivity index (χ1) is 35.1. The molecule has 0 bridgehead atoms. The van der Waals surface area contributed by atoms with E-state index >= 15 is 0 Å². The Morgan fingerprint density at radius 1 is 0.595 bits per heavy atom. The van der Waals surface area contributed by atoms with Gasteiger partial charge in [-0.1, -0.05) is 78.3 Å². The van der Waals surface area contributed by atoms with Crippen LogP contribution < -0.4 is 59.7 Å². The van der Waals surface area contributed by atoms with Crippen molar-refractivity contribution in [3.05, 3.63) is 54.1 Å². The minimum atomic E-state index is -1.30. The number of nitrogens with one attached hydrogen (secondary N) is 9. The van der Waals surface area contributed by atoms with Gasteiger partial charge in [-0.05, 0) is 88.3 Å². The van der Waals surface area contributed by atoms with Gasteiger partial charge in [-0.25, -0.2) is 9.78 Å². The largest absolute Gasteiger partial charge is 0.480 e. The number of hydrogen-bond donors (Lipinski definition) is 14. The van der Waals surface area contributed by atoms with Gasteiger partial charge in [0.15, 0.2) is 0 Å². The summed E-state index contributed by atoms with van der Waals surface area (Å²) in [5.41, 5.74) is 18.2. The monoisotopic (exact) mass is 1040 g/mol. The molecule has 1 aromatic heterocycles.